The lowest BCUT2D eigenvalue weighted by atomic mass is 9.81. The fraction of sp³-hybridized carbons (Fsp3) is 0.348. The molecule has 130 valence electrons. The van der Waals surface area contributed by atoms with Gasteiger partial charge < -0.3 is 0 Å². The molecule has 1 aromatic heterocycles. The molecule has 2 atom stereocenters. The van der Waals surface area contributed by atoms with E-state index in [2.05, 4.69) is 87.9 Å². The maximum Gasteiger partial charge on any atom is 0.140 e. The average molecular weight is 332 g/mol. The molecule has 3 rings (SSSR count). The van der Waals surface area contributed by atoms with E-state index in [0.717, 1.165) is 12.2 Å². The lowest BCUT2D eigenvalue weighted by Crippen LogP contribution is -2.16. The first kappa shape index (κ1) is 17.5. The summed E-state index contributed by atoms with van der Waals surface area (Å²) >= 11 is 0. The van der Waals surface area contributed by atoms with Gasteiger partial charge in [-0.1, -0.05) is 55.0 Å². The zero-order valence-electron chi connectivity index (χ0n) is 16.0. The molecule has 1 heterocycles. The number of benzene rings is 1. The molecule has 2 unspecified atom stereocenters. The fourth-order valence-corrected chi connectivity index (χ4v) is 4.07. The molecule has 1 aliphatic carbocycles. The molecule has 2 nitrogen and oxygen atoms in total. The van der Waals surface area contributed by atoms with E-state index in [1.54, 1.807) is 0 Å². The van der Waals surface area contributed by atoms with Crippen LogP contribution in [0, 0.1) is 32.6 Å². The lowest BCUT2D eigenvalue weighted by molar-refractivity contribution is 0.526. The summed E-state index contributed by atoms with van der Waals surface area (Å²) < 4.78 is 2.27. The van der Waals surface area contributed by atoms with Gasteiger partial charge >= 0.3 is 0 Å². The van der Waals surface area contributed by atoms with Crippen LogP contribution in [0.3, 0.4) is 0 Å². The quantitative estimate of drug-likeness (QED) is 0.631. The zero-order valence-corrected chi connectivity index (χ0v) is 16.0. The highest BCUT2D eigenvalue weighted by molar-refractivity contribution is 5.68. The Morgan fingerprint density at radius 3 is 2.60 bits per heavy atom. The predicted molar refractivity (Wildman–Crippen MR) is 107 cm³/mol. The molecule has 2 aromatic rings. The molecule has 0 saturated heterocycles. The molecule has 2 heteroatoms. The second kappa shape index (κ2) is 7.26. The number of rotatable bonds is 4. The molecule has 0 radical (unpaired) electrons. The Morgan fingerprint density at radius 2 is 1.92 bits per heavy atom. The van der Waals surface area contributed by atoms with Crippen molar-refractivity contribution in [1.82, 2.24) is 9.55 Å². The summed E-state index contributed by atoms with van der Waals surface area (Å²) in [4.78, 5) is 4.75. The van der Waals surface area contributed by atoms with Gasteiger partial charge in [-0.05, 0) is 62.7 Å². The van der Waals surface area contributed by atoms with Crippen molar-refractivity contribution >= 4 is 5.57 Å². The van der Waals surface area contributed by atoms with Gasteiger partial charge in [-0.15, -0.1) is 0 Å². The second-order valence-electron chi connectivity index (χ2n) is 7.15. The average Bonchev–Trinajstić information content (AvgIpc) is 3.03. The van der Waals surface area contributed by atoms with Crippen LogP contribution in [0.25, 0.3) is 11.3 Å². The molecular formula is C23H28N2. The minimum Gasteiger partial charge on any atom is -0.300 e. The van der Waals surface area contributed by atoms with Gasteiger partial charge in [0, 0.05) is 12.4 Å². The van der Waals surface area contributed by atoms with Crippen LogP contribution in [-0.2, 0) is 0 Å². The highest BCUT2D eigenvalue weighted by Crippen LogP contribution is 2.36. The zero-order chi connectivity index (χ0) is 18.0. The van der Waals surface area contributed by atoms with E-state index >= 15 is 0 Å². The van der Waals surface area contributed by atoms with Crippen LogP contribution >= 0.6 is 0 Å². The number of nitrogens with zero attached hydrogens (tertiary/aromatic N) is 2. The van der Waals surface area contributed by atoms with E-state index in [1.807, 2.05) is 6.20 Å². The largest absolute Gasteiger partial charge is 0.300 e. The summed E-state index contributed by atoms with van der Waals surface area (Å²) in [6, 6.07) is 4.50. The van der Waals surface area contributed by atoms with Gasteiger partial charge in [0.25, 0.3) is 0 Å². The van der Waals surface area contributed by atoms with E-state index in [9.17, 15) is 0 Å². The van der Waals surface area contributed by atoms with E-state index in [0.29, 0.717) is 11.8 Å². The van der Waals surface area contributed by atoms with Crippen molar-refractivity contribution in [3.8, 4) is 5.69 Å². The molecule has 0 amide bonds. The molecule has 0 spiro atoms. The Morgan fingerprint density at radius 1 is 1.20 bits per heavy atom. The Balaban J connectivity index is 2.10. The maximum absolute atomic E-state index is 4.75. The van der Waals surface area contributed by atoms with Crippen LogP contribution in [0.2, 0.25) is 0 Å². The fourth-order valence-electron chi connectivity index (χ4n) is 4.07. The minimum atomic E-state index is 0.466. The standard InChI is InChI=1S/C23H28N2/c1-6-9-17(3)20-10-7-8-11-21(20)23-24-12-13-25(23)22-18(4)14-16(2)15-19(22)5/h6-9,11-15,17,20H,10H2,1-5H3. The number of hydrogen-bond acceptors (Lipinski definition) is 1. The third kappa shape index (κ3) is 3.39. The summed E-state index contributed by atoms with van der Waals surface area (Å²) in [6.07, 6.45) is 16.2. The number of aryl methyl sites for hydroxylation is 3. The number of allylic oxidation sites excluding steroid dienone is 6. The number of hydrogen-bond donors (Lipinski definition) is 0. The number of imidazole rings is 1. The Kier molecular flexibility index (Phi) is 5.08. The lowest BCUT2D eigenvalue weighted by Gasteiger charge is -2.26. The highest BCUT2D eigenvalue weighted by Gasteiger charge is 2.25. The molecule has 25 heavy (non-hydrogen) atoms. The van der Waals surface area contributed by atoms with Crippen molar-refractivity contribution in [3.63, 3.8) is 0 Å². The van der Waals surface area contributed by atoms with Crippen molar-refractivity contribution < 1.29 is 0 Å². The monoisotopic (exact) mass is 332 g/mol. The Bertz CT molecular complexity index is 826. The van der Waals surface area contributed by atoms with Crippen molar-refractivity contribution in [1.29, 1.82) is 0 Å². The van der Waals surface area contributed by atoms with Crippen molar-refractivity contribution in [2.75, 3.05) is 0 Å². The maximum atomic E-state index is 4.75. The van der Waals surface area contributed by atoms with E-state index in [-0.39, 0.29) is 0 Å². The van der Waals surface area contributed by atoms with E-state index < -0.39 is 0 Å². The van der Waals surface area contributed by atoms with Gasteiger partial charge in [-0.25, -0.2) is 4.98 Å². The summed E-state index contributed by atoms with van der Waals surface area (Å²) in [5.41, 5.74) is 6.48. The molecule has 1 aromatic carbocycles. The van der Waals surface area contributed by atoms with Gasteiger partial charge in [-0.2, -0.15) is 0 Å². The Labute approximate surface area is 151 Å². The van der Waals surface area contributed by atoms with E-state index in [4.69, 9.17) is 4.98 Å². The van der Waals surface area contributed by atoms with E-state index in [1.165, 1.54) is 28.0 Å². The van der Waals surface area contributed by atoms with Gasteiger partial charge in [0.2, 0.25) is 0 Å². The molecular weight excluding hydrogens is 304 g/mol. The SMILES string of the molecule is CC=CC(C)C1CC=CC=C1c1nccn1-c1c(C)cc(C)cc1C. The van der Waals surface area contributed by atoms with Crippen molar-refractivity contribution in [2.45, 2.75) is 41.0 Å². The minimum absolute atomic E-state index is 0.466. The smallest absolute Gasteiger partial charge is 0.140 e. The predicted octanol–water partition coefficient (Wildman–Crippen LogP) is 5.97. The first-order valence-corrected chi connectivity index (χ1v) is 9.14. The molecule has 0 fully saturated rings. The van der Waals surface area contributed by atoms with Crippen molar-refractivity contribution in [3.05, 3.63) is 77.4 Å². The third-order valence-corrected chi connectivity index (χ3v) is 5.11. The third-order valence-electron chi connectivity index (χ3n) is 5.11. The summed E-state index contributed by atoms with van der Waals surface area (Å²) in [6.45, 7) is 10.9. The van der Waals surface area contributed by atoms with Crippen LogP contribution in [0.1, 0.15) is 42.8 Å². The van der Waals surface area contributed by atoms with Crippen LogP contribution in [0.15, 0.2) is 54.9 Å². The highest BCUT2D eigenvalue weighted by atomic mass is 15.1. The normalized spacial score (nSPS) is 18.6. The molecule has 0 N–H and O–H groups in total. The van der Waals surface area contributed by atoms with Crippen LogP contribution < -0.4 is 0 Å². The molecule has 0 bridgehead atoms. The van der Waals surface area contributed by atoms with Gasteiger partial charge in [0.05, 0.1) is 5.69 Å². The topological polar surface area (TPSA) is 17.8 Å². The summed E-state index contributed by atoms with van der Waals surface area (Å²) in [5, 5.41) is 0. The van der Waals surface area contributed by atoms with Crippen molar-refractivity contribution in [2.24, 2.45) is 11.8 Å². The first-order chi connectivity index (χ1) is 12.0. The summed E-state index contributed by atoms with van der Waals surface area (Å²) in [7, 11) is 0. The van der Waals surface area contributed by atoms with Gasteiger partial charge in [0.15, 0.2) is 0 Å². The van der Waals surface area contributed by atoms with Gasteiger partial charge in [-0.3, -0.25) is 4.57 Å². The summed E-state index contributed by atoms with van der Waals surface area (Å²) in [5.74, 6) is 2.03. The van der Waals surface area contributed by atoms with Gasteiger partial charge in [0.1, 0.15) is 5.82 Å². The second-order valence-corrected chi connectivity index (χ2v) is 7.15. The number of aromatic nitrogens is 2. The van der Waals surface area contributed by atoms with Crippen LogP contribution in [0.4, 0.5) is 0 Å². The first-order valence-electron chi connectivity index (χ1n) is 9.14. The molecule has 0 aliphatic heterocycles. The molecule has 0 saturated carbocycles. The van der Waals surface area contributed by atoms with Crippen LogP contribution in [0.5, 0.6) is 0 Å². The Hall–Kier alpha value is -2.35. The molecule has 1 aliphatic rings. The van der Waals surface area contributed by atoms with Crippen LogP contribution in [-0.4, -0.2) is 9.55 Å².